The highest BCUT2D eigenvalue weighted by atomic mass is 79.9. The molecule has 3 aromatic carbocycles. The first-order chi connectivity index (χ1) is 13.1. The third-order valence-corrected chi connectivity index (χ3v) is 5.59. The van der Waals surface area contributed by atoms with Crippen LogP contribution in [0.3, 0.4) is 0 Å². The molecule has 4 nitrogen and oxygen atoms in total. The average molecular weight is 419 g/mol. The predicted molar refractivity (Wildman–Crippen MR) is 109 cm³/mol. The molecule has 0 saturated carbocycles. The molecule has 1 aliphatic rings. The fourth-order valence-corrected chi connectivity index (χ4v) is 4.00. The molecule has 1 amide bonds. The molecule has 0 fully saturated rings. The fourth-order valence-electron chi connectivity index (χ4n) is 3.55. The minimum atomic E-state index is 0.0267. The summed E-state index contributed by atoms with van der Waals surface area (Å²) in [5.41, 5.74) is 6.01. The second kappa shape index (κ2) is 6.06. The maximum atomic E-state index is 12.8. The molecule has 0 N–H and O–H groups in total. The van der Waals surface area contributed by atoms with E-state index in [2.05, 4.69) is 20.9 Å². The van der Waals surface area contributed by atoms with E-state index in [4.69, 9.17) is 4.42 Å². The van der Waals surface area contributed by atoms with E-state index in [0.29, 0.717) is 12.4 Å². The number of aromatic nitrogens is 1. The van der Waals surface area contributed by atoms with Crippen LogP contribution in [-0.4, -0.2) is 10.9 Å². The largest absolute Gasteiger partial charge is 0.436 e. The third-order valence-electron chi connectivity index (χ3n) is 4.90. The maximum Gasteiger partial charge on any atom is 0.258 e. The second-order valence-corrected chi connectivity index (χ2v) is 7.51. The number of halogens is 1. The lowest BCUT2D eigenvalue weighted by Gasteiger charge is -2.16. The summed E-state index contributed by atoms with van der Waals surface area (Å²) in [7, 11) is 0. The van der Waals surface area contributed by atoms with Crippen LogP contribution in [0, 0.1) is 6.92 Å². The Balaban J connectivity index is 1.60. The van der Waals surface area contributed by atoms with Crippen LogP contribution in [0.5, 0.6) is 0 Å². The van der Waals surface area contributed by atoms with Gasteiger partial charge in [-0.05, 0) is 64.3 Å². The molecule has 0 radical (unpaired) electrons. The van der Waals surface area contributed by atoms with Crippen LogP contribution in [0.25, 0.3) is 22.6 Å². The number of nitrogens with zero attached hydrogens (tertiary/aromatic N) is 2. The number of amides is 1. The van der Waals surface area contributed by atoms with Crippen LogP contribution < -0.4 is 4.90 Å². The molecule has 1 aliphatic heterocycles. The van der Waals surface area contributed by atoms with E-state index in [1.54, 1.807) is 4.90 Å². The first-order valence-corrected chi connectivity index (χ1v) is 9.47. The summed E-state index contributed by atoms with van der Waals surface area (Å²) in [4.78, 5) is 19.3. The number of carbonyl (C=O) groups excluding carboxylic acids is 1. The summed E-state index contributed by atoms with van der Waals surface area (Å²) in [5.74, 6) is 0.590. The molecule has 0 atom stereocenters. The molecular weight excluding hydrogens is 404 g/mol. The quantitative estimate of drug-likeness (QED) is 0.417. The predicted octanol–water partition coefficient (Wildman–Crippen LogP) is 5.73. The molecule has 4 aromatic rings. The molecular formula is C22H15BrN2O2. The third kappa shape index (κ3) is 2.58. The Hall–Kier alpha value is -2.92. The summed E-state index contributed by atoms with van der Waals surface area (Å²) >= 11 is 3.55. The molecule has 2 heterocycles. The van der Waals surface area contributed by atoms with Crippen molar-refractivity contribution in [1.82, 2.24) is 4.98 Å². The van der Waals surface area contributed by atoms with Gasteiger partial charge in [-0.2, -0.15) is 0 Å². The second-order valence-electron chi connectivity index (χ2n) is 6.66. The van der Waals surface area contributed by atoms with Crippen LogP contribution in [0.1, 0.15) is 21.5 Å². The van der Waals surface area contributed by atoms with Crippen LogP contribution in [0.4, 0.5) is 5.69 Å². The van der Waals surface area contributed by atoms with Crippen molar-refractivity contribution in [2.75, 3.05) is 4.90 Å². The Morgan fingerprint density at radius 3 is 2.56 bits per heavy atom. The highest BCUT2D eigenvalue weighted by Crippen LogP contribution is 2.35. The number of benzene rings is 3. The number of oxazole rings is 1. The Morgan fingerprint density at radius 1 is 1.04 bits per heavy atom. The first kappa shape index (κ1) is 16.3. The van der Waals surface area contributed by atoms with Crippen molar-refractivity contribution in [2.24, 2.45) is 0 Å². The van der Waals surface area contributed by atoms with Crippen molar-refractivity contribution in [1.29, 1.82) is 0 Å². The van der Waals surface area contributed by atoms with Gasteiger partial charge in [0.05, 0.1) is 12.1 Å². The smallest absolute Gasteiger partial charge is 0.258 e. The molecule has 27 heavy (non-hydrogen) atoms. The van der Waals surface area contributed by atoms with Crippen molar-refractivity contribution in [2.45, 2.75) is 13.5 Å². The summed E-state index contributed by atoms with van der Waals surface area (Å²) in [5, 5.41) is 0. The minimum Gasteiger partial charge on any atom is -0.436 e. The Bertz CT molecular complexity index is 1210. The van der Waals surface area contributed by atoms with Gasteiger partial charge in [0.25, 0.3) is 5.91 Å². The lowest BCUT2D eigenvalue weighted by atomic mass is 10.1. The number of fused-ring (bicyclic) bond motifs is 2. The molecule has 5 rings (SSSR count). The van der Waals surface area contributed by atoms with E-state index in [1.807, 2.05) is 67.6 Å². The number of anilines is 1. The van der Waals surface area contributed by atoms with Gasteiger partial charge in [0.1, 0.15) is 5.52 Å². The van der Waals surface area contributed by atoms with Gasteiger partial charge >= 0.3 is 0 Å². The molecule has 0 saturated heterocycles. The lowest BCUT2D eigenvalue weighted by Crippen LogP contribution is -2.23. The van der Waals surface area contributed by atoms with E-state index in [9.17, 15) is 4.79 Å². The standard InChI is InChI=1S/C22H15BrN2O2/c1-13-10-15(25-12-14-6-2-3-7-16(14)22(25)26)11-19-20(13)27-21(24-19)17-8-4-5-9-18(17)23/h2-11H,12H2,1H3. The molecule has 0 aliphatic carbocycles. The van der Waals surface area contributed by atoms with Gasteiger partial charge < -0.3 is 9.32 Å². The highest BCUT2D eigenvalue weighted by Gasteiger charge is 2.28. The molecule has 1 aromatic heterocycles. The van der Waals surface area contributed by atoms with Crippen molar-refractivity contribution < 1.29 is 9.21 Å². The van der Waals surface area contributed by atoms with E-state index >= 15 is 0 Å². The monoisotopic (exact) mass is 418 g/mol. The zero-order valence-electron chi connectivity index (χ0n) is 14.6. The maximum absolute atomic E-state index is 12.8. The Labute approximate surface area is 164 Å². The SMILES string of the molecule is Cc1cc(N2Cc3ccccc3C2=O)cc2nc(-c3ccccc3Br)oc12. The van der Waals surface area contributed by atoms with Crippen LogP contribution in [0.2, 0.25) is 0 Å². The molecule has 0 unspecified atom stereocenters. The van der Waals surface area contributed by atoms with Gasteiger partial charge in [-0.25, -0.2) is 4.98 Å². The van der Waals surface area contributed by atoms with Gasteiger partial charge in [0.15, 0.2) is 5.58 Å². The molecule has 5 heteroatoms. The summed E-state index contributed by atoms with van der Waals surface area (Å²) < 4.78 is 6.96. The van der Waals surface area contributed by atoms with Gasteiger partial charge in [-0.3, -0.25) is 4.79 Å². The average Bonchev–Trinajstić information content (AvgIpc) is 3.24. The highest BCUT2D eigenvalue weighted by molar-refractivity contribution is 9.10. The van der Waals surface area contributed by atoms with Crippen molar-refractivity contribution in [3.05, 3.63) is 81.8 Å². The summed E-state index contributed by atoms with van der Waals surface area (Å²) in [6.45, 7) is 2.56. The topological polar surface area (TPSA) is 46.3 Å². The summed E-state index contributed by atoms with van der Waals surface area (Å²) in [6, 6.07) is 19.5. The summed E-state index contributed by atoms with van der Waals surface area (Å²) in [6.07, 6.45) is 0. The zero-order chi connectivity index (χ0) is 18.5. The Morgan fingerprint density at radius 2 is 1.78 bits per heavy atom. The normalized spacial score (nSPS) is 13.4. The van der Waals surface area contributed by atoms with Crippen molar-refractivity contribution in [3.8, 4) is 11.5 Å². The molecule has 132 valence electrons. The van der Waals surface area contributed by atoms with Gasteiger partial charge in [0.2, 0.25) is 5.89 Å². The van der Waals surface area contributed by atoms with E-state index in [0.717, 1.165) is 43.5 Å². The number of hydrogen-bond acceptors (Lipinski definition) is 3. The van der Waals surface area contributed by atoms with Crippen LogP contribution in [-0.2, 0) is 6.54 Å². The number of hydrogen-bond donors (Lipinski definition) is 0. The minimum absolute atomic E-state index is 0.0267. The molecule has 0 spiro atoms. The van der Waals surface area contributed by atoms with E-state index in [-0.39, 0.29) is 5.91 Å². The zero-order valence-corrected chi connectivity index (χ0v) is 16.2. The van der Waals surface area contributed by atoms with Crippen molar-refractivity contribution >= 4 is 38.6 Å². The molecule has 0 bridgehead atoms. The van der Waals surface area contributed by atoms with Gasteiger partial charge in [-0.1, -0.05) is 30.3 Å². The van der Waals surface area contributed by atoms with E-state index < -0.39 is 0 Å². The Kier molecular flexibility index (Phi) is 3.65. The number of carbonyl (C=O) groups is 1. The van der Waals surface area contributed by atoms with Gasteiger partial charge in [-0.15, -0.1) is 0 Å². The first-order valence-electron chi connectivity index (χ1n) is 8.67. The number of aryl methyl sites for hydroxylation is 1. The van der Waals surface area contributed by atoms with E-state index in [1.165, 1.54) is 0 Å². The van der Waals surface area contributed by atoms with Crippen LogP contribution >= 0.6 is 15.9 Å². The lowest BCUT2D eigenvalue weighted by molar-refractivity contribution is 0.0996. The number of rotatable bonds is 2. The van der Waals surface area contributed by atoms with Crippen LogP contribution in [0.15, 0.2) is 69.6 Å². The van der Waals surface area contributed by atoms with Crippen molar-refractivity contribution in [3.63, 3.8) is 0 Å². The van der Waals surface area contributed by atoms with Gasteiger partial charge in [0, 0.05) is 15.7 Å². The fraction of sp³-hybridized carbons (Fsp3) is 0.0909.